The number of rotatable bonds is 6. The van der Waals surface area contributed by atoms with E-state index in [0.717, 1.165) is 48.6 Å². The summed E-state index contributed by atoms with van der Waals surface area (Å²) in [5, 5.41) is 5.96. The van der Waals surface area contributed by atoms with Crippen molar-refractivity contribution >= 4 is 29.2 Å². The van der Waals surface area contributed by atoms with Crippen LogP contribution in [-0.4, -0.2) is 41.3 Å². The zero-order valence-corrected chi connectivity index (χ0v) is 17.3. The van der Waals surface area contributed by atoms with Crippen molar-refractivity contribution in [1.82, 2.24) is 15.2 Å². The van der Waals surface area contributed by atoms with Gasteiger partial charge in [0.1, 0.15) is 0 Å². The normalized spacial score (nSPS) is 17.1. The van der Waals surface area contributed by atoms with Crippen molar-refractivity contribution in [3.05, 3.63) is 57.6 Å². The lowest BCUT2D eigenvalue weighted by atomic mass is 9.98. The minimum atomic E-state index is -0.0180. The molecule has 6 heteroatoms. The van der Waals surface area contributed by atoms with Gasteiger partial charge in [-0.3, -0.25) is 9.59 Å². The van der Waals surface area contributed by atoms with E-state index >= 15 is 0 Å². The molecule has 2 heterocycles. The molecule has 1 atom stereocenters. The summed E-state index contributed by atoms with van der Waals surface area (Å²) < 4.78 is 0. The summed E-state index contributed by atoms with van der Waals surface area (Å²) in [5.41, 5.74) is 3.26. The molecule has 0 radical (unpaired) electrons. The maximum Gasteiger partial charge on any atom is 0.246 e. The second-order valence-electron chi connectivity index (χ2n) is 7.28. The van der Waals surface area contributed by atoms with Crippen molar-refractivity contribution < 1.29 is 9.59 Å². The molecule has 0 unspecified atom stereocenters. The van der Waals surface area contributed by atoms with E-state index in [0.29, 0.717) is 12.5 Å². The molecule has 148 valence electrons. The lowest BCUT2D eigenvalue weighted by molar-refractivity contribution is -0.127. The van der Waals surface area contributed by atoms with Crippen molar-refractivity contribution in [2.75, 3.05) is 19.6 Å². The van der Waals surface area contributed by atoms with Gasteiger partial charge in [0.25, 0.3) is 0 Å². The molecule has 1 N–H and O–H groups in total. The Labute approximate surface area is 170 Å². The Hall–Kier alpha value is -2.47. The molecule has 1 aromatic heterocycles. The molecule has 3 rings (SSSR count). The van der Waals surface area contributed by atoms with E-state index in [-0.39, 0.29) is 11.8 Å². The number of carbonyl (C=O) groups is 2. The number of aromatic nitrogens is 1. The molecule has 2 aromatic rings. The van der Waals surface area contributed by atoms with E-state index in [4.69, 9.17) is 4.98 Å². The standard InChI is InChI=1S/C22H27N3O2S/c1-16-5-7-18(8-6-16)9-10-21(27)25-13-3-4-19(14-25)22-24-20(15-28-22)11-12-23-17(2)26/h5-10,15,19H,3-4,11-14H2,1-2H3,(H,23,26)/b10-9+/t19-/m0/s1. The van der Waals surface area contributed by atoms with Crippen molar-refractivity contribution in [1.29, 1.82) is 0 Å². The summed E-state index contributed by atoms with van der Waals surface area (Å²) in [6, 6.07) is 8.15. The largest absolute Gasteiger partial charge is 0.356 e. The molecular formula is C22H27N3O2S. The third kappa shape index (κ3) is 5.76. The van der Waals surface area contributed by atoms with Crippen molar-refractivity contribution in [2.45, 2.75) is 39.0 Å². The molecule has 0 saturated carbocycles. The summed E-state index contributed by atoms with van der Waals surface area (Å²) in [6.45, 7) is 5.70. The van der Waals surface area contributed by atoms with Gasteiger partial charge in [-0.05, 0) is 31.4 Å². The van der Waals surface area contributed by atoms with Crippen LogP contribution in [0.25, 0.3) is 6.08 Å². The van der Waals surface area contributed by atoms with Gasteiger partial charge < -0.3 is 10.2 Å². The first kappa shape index (κ1) is 20.3. The minimum Gasteiger partial charge on any atom is -0.356 e. The van der Waals surface area contributed by atoms with Gasteiger partial charge in [0.2, 0.25) is 11.8 Å². The van der Waals surface area contributed by atoms with E-state index in [1.165, 1.54) is 12.5 Å². The first-order valence-electron chi connectivity index (χ1n) is 9.73. The lowest BCUT2D eigenvalue weighted by Gasteiger charge is -2.31. The number of carbonyl (C=O) groups excluding carboxylic acids is 2. The molecule has 1 fully saturated rings. The Morgan fingerprint density at radius 2 is 2.11 bits per heavy atom. The number of aryl methyl sites for hydroxylation is 1. The summed E-state index contributed by atoms with van der Waals surface area (Å²) in [4.78, 5) is 30.2. The van der Waals surface area contributed by atoms with Crippen LogP contribution in [0.5, 0.6) is 0 Å². The molecule has 2 amide bonds. The predicted octanol–water partition coefficient (Wildman–Crippen LogP) is 3.55. The Morgan fingerprint density at radius 1 is 1.32 bits per heavy atom. The van der Waals surface area contributed by atoms with Crippen molar-refractivity contribution in [3.63, 3.8) is 0 Å². The van der Waals surface area contributed by atoms with Crippen LogP contribution in [0.2, 0.25) is 0 Å². The highest BCUT2D eigenvalue weighted by Crippen LogP contribution is 2.29. The highest BCUT2D eigenvalue weighted by atomic mass is 32.1. The Bertz CT molecular complexity index is 842. The summed E-state index contributed by atoms with van der Waals surface area (Å²) in [6.07, 6.45) is 6.35. The van der Waals surface area contributed by atoms with Gasteiger partial charge in [-0.1, -0.05) is 29.8 Å². The number of benzene rings is 1. The number of likely N-dealkylation sites (tertiary alicyclic amines) is 1. The summed E-state index contributed by atoms with van der Waals surface area (Å²) >= 11 is 1.66. The molecule has 1 aromatic carbocycles. The van der Waals surface area contributed by atoms with E-state index in [1.54, 1.807) is 17.4 Å². The predicted molar refractivity (Wildman–Crippen MR) is 113 cm³/mol. The lowest BCUT2D eigenvalue weighted by Crippen LogP contribution is -2.38. The molecule has 1 saturated heterocycles. The maximum atomic E-state index is 12.6. The van der Waals surface area contributed by atoms with Crippen LogP contribution in [0.3, 0.4) is 0 Å². The molecule has 5 nitrogen and oxygen atoms in total. The van der Waals surface area contributed by atoms with Gasteiger partial charge in [-0.15, -0.1) is 11.3 Å². The quantitative estimate of drug-likeness (QED) is 0.758. The zero-order chi connectivity index (χ0) is 19.9. The van der Waals surface area contributed by atoms with Crippen molar-refractivity contribution in [3.8, 4) is 0 Å². The van der Waals surface area contributed by atoms with Crippen LogP contribution in [0, 0.1) is 6.92 Å². The molecule has 0 aliphatic carbocycles. The van der Waals surface area contributed by atoms with E-state index in [9.17, 15) is 9.59 Å². The Kier molecular flexibility index (Phi) is 6.98. The van der Waals surface area contributed by atoms with Gasteiger partial charge in [-0.25, -0.2) is 4.98 Å². The number of thiazole rings is 1. The van der Waals surface area contributed by atoms with Gasteiger partial charge in [0.15, 0.2) is 0 Å². The zero-order valence-electron chi connectivity index (χ0n) is 16.5. The first-order chi connectivity index (χ1) is 13.5. The third-order valence-corrected chi connectivity index (χ3v) is 5.96. The van der Waals surface area contributed by atoms with E-state index < -0.39 is 0 Å². The number of hydrogen-bond acceptors (Lipinski definition) is 4. The third-order valence-electron chi connectivity index (χ3n) is 4.90. The second-order valence-corrected chi connectivity index (χ2v) is 8.17. The summed E-state index contributed by atoms with van der Waals surface area (Å²) in [7, 11) is 0. The fourth-order valence-electron chi connectivity index (χ4n) is 3.32. The molecule has 0 bridgehead atoms. The topological polar surface area (TPSA) is 62.3 Å². The monoisotopic (exact) mass is 397 g/mol. The van der Waals surface area contributed by atoms with Gasteiger partial charge in [-0.2, -0.15) is 0 Å². The smallest absolute Gasteiger partial charge is 0.246 e. The van der Waals surface area contributed by atoms with Gasteiger partial charge >= 0.3 is 0 Å². The first-order valence-corrected chi connectivity index (χ1v) is 10.6. The molecule has 0 spiro atoms. The highest BCUT2D eigenvalue weighted by Gasteiger charge is 2.25. The number of amides is 2. The second kappa shape index (κ2) is 9.64. The fourth-order valence-corrected chi connectivity index (χ4v) is 4.30. The number of hydrogen-bond donors (Lipinski definition) is 1. The molecule has 1 aliphatic heterocycles. The molecule has 28 heavy (non-hydrogen) atoms. The van der Waals surface area contributed by atoms with Crippen LogP contribution in [0.4, 0.5) is 0 Å². The van der Waals surface area contributed by atoms with Crippen LogP contribution in [0.1, 0.15) is 47.5 Å². The van der Waals surface area contributed by atoms with Gasteiger partial charge in [0, 0.05) is 50.4 Å². The van der Waals surface area contributed by atoms with Gasteiger partial charge in [0.05, 0.1) is 10.7 Å². The SMILES string of the molecule is CC(=O)NCCc1csc([C@H]2CCCN(C(=O)/C=C/c3ccc(C)cc3)C2)n1. The summed E-state index contributed by atoms with van der Waals surface area (Å²) in [5.74, 6) is 0.341. The van der Waals surface area contributed by atoms with Crippen LogP contribution >= 0.6 is 11.3 Å². The van der Waals surface area contributed by atoms with Crippen molar-refractivity contribution in [2.24, 2.45) is 0 Å². The highest BCUT2D eigenvalue weighted by molar-refractivity contribution is 7.09. The van der Waals surface area contributed by atoms with Crippen LogP contribution in [-0.2, 0) is 16.0 Å². The number of nitrogens with zero attached hydrogens (tertiary/aromatic N) is 2. The number of nitrogens with one attached hydrogen (secondary N) is 1. The Morgan fingerprint density at radius 3 is 2.86 bits per heavy atom. The molecule has 1 aliphatic rings. The molecular weight excluding hydrogens is 370 g/mol. The fraction of sp³-hybridized carbons (Fsp3) is 0.409. The maximum absolute atomic E-state index is 12.6. The van der Waals surface area contributed by atoms with Crippen LogP contribution < -0.4 is 5.32 Å². The van der Waals surface area contributed by atoms with E-state index in [2.05, 4.69) is 17.6 Å². The number of piperidine rings is 1. The Balaban J connectivity index is 1.56. The van der Waals surface area contributed by atoms with Crippen LogP contribution in [0.15, 0.2) is 35.7 Å². The van der Waals surface area contributed by atoms with E-state index in [1.807, 2.05) is 35.2 Å². The average molecular weight is 398 g/mol. The minimum absolute atomic E-state index is 0.0180. The average Bonchev–Trinajstić information content (AvgIpc) is 3.16.